The fourth-order valence-electron chi connectivity index (χ4n) is 3.17. The molecule has 0 radical (unpaired) electrons. The van der Waals surface area contributed by atoms with Crippen LogP contribution >= 0.6 is 11.6 Å². The highest BCUT2D eigenvalue weighted by atomic mass is 35.5. The van der Waals surface area contributed by atoms with Crippen molar-refractivity contribution in [3.8, 4) is 0 Å². The molecule has 1 amide bonds. The molecular formula is C28H38ClF2N3O4. The van der Waals surface area contributed by atoms with Crippen molar-refractivity contribution in [2.75, 3.05) is 31.1 Å². The van der Waals surface area contributed by atoms with Crippen LogP contribution in [0.15, 0.2) is 39.5 Å². The zero-order chi connectivity index (χ0) is 29.0. The van der Waals surface area contributed by atoms with Crippen molar-refractivity contribution in [2.45, 2.75) is 54.9 Å². The normalized spacial score (nSPS) is 12.6. The van der Waals surface area contributed by atoms with E-state index in [4.69, 9.17) is 16.0 Å². The van der Waals surface area contributed by atoms with E-state index in [1.54, 1.807) is 4.90 Å². The van der Waals surface area contributed by atoms with Gasteiger partial charge in [-0.2, -0.15) is 0 Å². The summed E-state index contributed by atoms with van der Waals surface area (Å²) in [6, 6.07) is 7.90. The Morgan fingerprint density at radius 1 is 1.05 bits per heavy atom. The van der Waals surface area contributed by atoms with Crippen LogP contribution in [-0.4, -0.2) is 47.8 Å². The number of carbonyl (C=O) groups is 2. The summed E-state index contributed by atoms with van der Waals surface area (Å²) in [5.41, 5.74) is 2.83. The lowest BCUT2D eigenvalue weighted by atomic mass is 10.2. The van der Waals surface area contributed by atoms with Crippen LogP contribution in [-0.2, 0) is 9.59 Å². The van der Waals surface area contributed by atoms with Gasteiger partial charge in [-0.1, -0.05) is 58.7 Å². The van der Waals surface area contributed by atoms with Gasteiger partial charge in [0.15, 0.2) is 5.58 Å². The first-order valence-corrected chi connectivity index (χ1v) is 13.1. The number of hydrogen-bond acceptors (Lipinski definition) is 5. The number of benzene rings is 2. The van der Waals surface area contributed by atoms with Crippen molar-refractivity contribution in [1.82, 2.24) is 9.88 Å². The average molecular weight is 554 g/mol. The fourth-order valence-corrected chi connectivity index (χ4v) is 3.28. The first-order valence-electron chi connectivity index (χ1n) is 12.7. The monoisotopic (exact) mass is 553 g/mol. The minimum atomic E-state index is -0.816. The number of H-pyrrole nitrogens is 1. The molecule has 0 aliphatic carbocycles. The number of aromatic amines is 1. The third-order valence-corrected chi connectivity index (χ3v) is 5.96. The minimum Gasteiger partial charge on any atom is -0.408 e. The Bertz CT molecular complexity index is 1230. The third-order valence-electron chi connectivity index (χ3n) is 5.59. The number of Topliss-reactive ketones (excluding diaryl/α,β-unsaturated/α-hetero) is 1. The predicted molar refractivity (Wildman–Crippen MR) is 149 cm³/mol. The molecule has 3 aromatic rings. The van der Waals surface area contributed by atoms with Crippen LogP contribution in [0.5, 0.6) is 0 Å². The number of rotatable bonds is 3. The van der Waals surface area contributed by atoms with E-state index in [1.165, 1.54) is 18.2 Å². The van der Waals surface area contributed by atoms with Gasteiger partial charge in [-0.15, -0.1) is 0 Å². The summed E-state index contributed by atoms with van der Waals surface area (Å²) in [4.78, 5) is 38.9. The Morgan fingerprint density at radius 3 is 2.05 bits per heavy atom. The quantitative estimate of drug-likeness (QED) is 0.301. The molecule has 7 nitrogen and oxygen atoms in total. The van der Waals surface area contributed by atoms with Gasteiger partial charge in [0.1, 0.15) is 16.7 Å². The van der Waals surface area contributed by atoms with Crippen molar-refractivity contribution < 1.29 is 22.8 Å². The Balaban J connectivity index is 0.000000334. The number of hydrogen-bond donors (Lipinski definition) is 1. The maximum absolute atomic E-state index is 13.4. The van der Waals surface area contributed by atoms with Crippen LogP contribution < -0.4 is 10.7 Å². The lowest BCUT2D eigenvalue weighted by molar-refractivity contribution is -0.143. The Hall–Kier alpha value is -3.20. The van der Waals surface area contributed by atoms with E-state index in [2.05, 4.69) is 25.8 Å². The molecule has 2 heterocycles. The summed E-state index contributed by atoms with van der Waals surface area (Å²) >= 11 is 5.43. The summed E-state index contributed by atoms with van der Waals surface area (Å²) in [6.45, 7) is 15.3. The van der Waals surface area contributed by atoms with Gasteiger partial charge in [0.05, 0.1) is 5.52 Å². The molecular weight excluding hydrogens is 516 g/mol. The second-order valence-electron chi connectivity index (χ2n) is 8.88. The number of oxazole rings is 1. The fraction of sp³-hybridized carbons (Fsp3) is 0.464. The van der Waals surface area contributed by atoms with Gasteiger partial charge in [-0.25, -0.2) is 13.6 Å². The van der Waals surface area contributed by atoms with Crippen molar-refractivity contribution in [2.24, 2.45) is 5.92 Å². The maximum Gasteiger partial charge on any atom is 0.417 e. The van der Waals surface area contributed by atoms with Crippen molar-refractivity contribution >= 4 is 40.1 Å². The molecule has 0 bridgehead atoms. The van der Waals surface area contributed by atoms with Gasteiger partial charge in [-0.05, 0) is 42.7 Å². The summed E-state index contributed by atoms with van der Waals surface area (Å²) in [7, 11) is 0. The highest BCUT2D eigenvalue weighted by molar-refractivity contribution is 6.35. The number of anilines is 1. The topological polar surface area (TPSA) is 86.6 Å². The summed E-state index contributed by atoms with van der Waals surface area (Å²) in [5, 5.41) is -0.529. The van der Waals surface area contributed by atoms with Crippen LogP contribution in [0.1, 0.15) is 53.5 Å². The van der Waals surface area contributed by atoms with E-state index >= 15 is 0 Å². The lowest BCUT2D eigenvalue weighted by Crippen LogP contribution is -2.50. The first kappa shape index (κ1) is 32.8. The van der Waals surface area contributed by atoms with Gasteiger partial charge in [0.2, 0.25) is 5.78 Å². The highest BCUT2D eigenvalue weighted by Gasteiger charge is 2.24. The summed E-state index contributed by atoms with van der Waals surface area (Å²) in [5.74, 6) is -2.19. The number of nitrogens with zero attached hydrogens (tertiary/aromatic N) is 2. The number of aromatic nitrogens is 1. The SMILES string of the molecule is CC.CC(=O)C(=O)N1CCN(c2cc(F)c(Cl)c(F)c2)CC1.CCC(C)C.Cc1ccc2[nH]c(=O)oc2c1. The standard InChI is InChI=1S/C13H13ClF2N2O2.C8H7NO2.C5H12.C2H6/c1-8(19)13(20)18-4-2-17(3-5-18)9-6-10(15)12(14)11(16)7-9;1-5-2-3-6-7(4-5)11-8(10)9-6;1-4-5(2)3;1-2/h6-7H,2-5H2,1H3;2-4H,1H3,(H,9,10);5H,4H2,1-3H3;1-2H3. The van der Waals surface area contributed by atoms with E-state index in [1.807, 2.05) is 39.0 Å². The van der Waals surface area contributed by atoms with Crippen LogP contribution in [0.25, 0.3) is 11.1 Å². The van der Waals surface area contributed by atoms with E-state index in [0.29, 0.717) is 37.4 Å². The lowest BCUT2D eigenvalue weighted by Gasteiger charge is -2.35. The first-order chi connectivity index (χ1) is 17.9. The number of fused-ring (bicyclic) bond motifs is 1. The number of halogens is 3. The molecule has 1 aromatic heterocycles. The molecule has 1 fully saturated rings. The Kier molecular flexibility index (Phi) is 13.7. The number of amides is 1. The number of aryl methyl sites for hydroxylation is 1. The van der Waals surface area contributed by atoms with E-state index < -0.39 is 34.1 Å². The van der Waals surface area contributed by atoms with Gasteiger partial charge in [0.25, 0.3) is 5.91 Å². The molecule has 10 heteroatoms. The molecule has 1 aliphatic rings. The molecule has 2 aromatic carbocycles. The molecule has 1 N–H and O–H groups in total. The smallest absolute Gasteiger partial charge is 0.408 e. The Labute approximate surface area is 227 Å². The summed E-state index contributed by atoms with van der Waals surface area (Å²) < 4.78 is 31.6. The molecule has 0 atom stereocenters. The van der Waals surface area contributed by atoms with Gasteiger partial charge < -0.3 is 14.2 Å². The van der Waals surface area contributed by atoms with E-state index in [0.717, 1.165) is 29.1 Å². The van der Waals surface area contributed by atoms with E-state index in [9.17, 15) is 23.2 Å². The number of nitrogens with one attached hydrogen (secondary N) is 1. The van der Waals surface area contributed by atoms with Crippen molar-refractivity contribution in [1.29, 1.82) is 0 Å². The Morgan fingerprint density at radius 2 is 1.58 bits per heavy atom. The molecule has 210 valence electrons. The van der Waals surface area contributed by atoms with Crippen LogP contribution in [0.4, 0.5) is 14.5 Å². The van der Waals surface area contributed by atoms with Crippen molar-refractivity contribution in [3.05, 3.63) is 63.1 Å². The van der Waals surface area contributed by atoms with Crippen LogP contribution in [0, 0.1) is 24.5 Å². The molecule has 38 heavy (non-hydrogen) atoms. The molecule has 1 aliphatic heterocycles. The summed E-state index contributed by atoms with van der Waals surface area (Å²) in [6.07, 6.45) is 1.31. The maximum atomic E-state index is 13.4. The second kappa shape index (κ2) is 15.9. The zero-order valence-corrected chi connectivity index (χ0v) is 23.9. The van der Waals surface area contributed by atoms with Gasteiger partial charge >= 0.3 is 5.76 Å². The third kappa shape index (κ3) is 9.93. The molecule has 0 unspecified atom stereocenters. The van der Waals surface area contributed by atoms with Crippen molar-refractivity contribution in [3.63, 3.8) is 0 Å². The van der Waals surface area contributed by atoms with Crippen LogP contribution in [0.2, 0.25) is 5.02 Å². The number of piperazine rings is 1. The number of carbonyl (C=O) groups excluding carboxylic acids is 2. The molecule has 0 spiro atoms. The second-order valence-corrected chi connectivity index (χ2v) is 9.25. The van der Waals surface area contributed by atoms with Gasteiger partial charge in [0, 0.05) is 38.8 Å². The minimum absolute atomic E-state index is 0.338. The van der Waals surface area contributed by atoms with Gasteiger partial charge in [-0.3, -0.25) is 14.6 Å². The molecule has 0 saturated carbocycles. The van der Waals surface area contributed by atoms with Crippen LogP contribution in [0.3, 0.4) is 0 Å². The predicted octanol–water partition coefficient (Wildman–Crippen LogP) is 6.36. The largest absolute Gasteiger partial charge is 0.417 e. The molecule has 1 saturated heterocycles. The van der Waals surface area contributed by atoms with E-state index in [-0.39, 0.29) is 0 Å². The zero-order valence-electron chi connectivity index (χ0n) is 23.2. The highest BCUT2D eigenvalue weighted by Crippen LogP contribution is 2.26. The molecule has 4 rings (SSSR count). The average Bonchev–Trinajstić information content (AvgIpc) is 3.27. The number of ketones is 1.